The number of rotatable bonds is 3. The maximum Gasteiger partial charge on any atom is 0.0353 e. The lowest BCUT2D eigenvalue weighted by Crippen LogP contribution is -1.63. The van der Waals surface area contributed by atoms with Gasteiger partial charge in [-0.3, -0.25) is 0 Å². The average molecular weight is 125 g/mol. The highest BCUT2D eigenvalue weighted by Crippen LogP contribution is 2.16. The molecule has 0 saturated heterocycles. The predicted molar refractivity (Wildman–Crippen MR) is 36.3 cm³/mol. The van der Waals surface area contributed by atoms with Crippen LogP contribution in [0.1, 0.15) is 17.5 Å². The van der Waals surface area contributed by atoms with Crippen LogP contribution in [0.3, 0.4) is 0 Å². The normalized spacial score (nSPS) is 18.5. The highest BCUT2D eigenvalue weighted by molar-refractivity contribution is 8.76. The van der Waals surface area contributed by atoms with Gasteiger partial charge in [-0.05, 0) is 12.6 Å². The third-order valence-electron chi connectivity index (χ3n) is 0.346. The van der Waals surface area contributed by atoms with Crippen molar-refractivity contribution in [2.75, 3.05) is 11.9 Å². The highest BCUT2D eigenvalue weighted by atomic mass is 33.1. The molecule has 0 rings (SSSR count). The highest BCUT2D eigenvalue weighted by Gasteiger charge is 1.75. The van der Waals surface area contributed by atoms with Crippen molar-refractivity contribution in [1.82, 2.24) is 0 Å². The van der Waals surface area contributed by atoms with Gasteiger partial charge in [-0.25, -0.2) is 0 Å². The molecule has 0 bridgehead atoms. The summed E-state index contributed by atoms with van der Waals surface area (Å²) in [5.74, 6) is 0.920. The molecule has 0 unspecified atom stereocenters. The topological polar surface area (TPSA) is 0 Å². The third-order valence-corrected chi connectivity index (χ3v) is 1.89. The van der Waals surface area contributed by atoms with E-state index in [1.807, 2.05) is 6.92 Å². The van der Waals surface area contributed by atoms with Crippen LogP contribution in [0, 0.1) is 0 Å². The van der Waals surface area contributed by atoms with Crippen molar-refractivity contribution >= 4 is 21.6 Å². The van der Waals surface area contributed by atoms with Crippen LogP contribution in [-0.2, 0) is 0 Å². The van der Waals surface area contributed by atoms with E-state index in [1.165, 1.54) is 10.8 Å². The van der Waals surface area contributed by atoms with Crippen LogP contribution in [0.4, 0.5) is 0 Å². The number of hydrogen-bond acceptors (Lipinski definition) is 2. The summed E-state index contributed by atoms with van der Waals surface area (Å²) in [6.07, 6.45) is -0.784. The molecule has 0 heterocycles. The molecule has 0 aromatic carbocycles. The Morgan fingerprint density at radius 1 is 1.83 bits per heavy atom. The minimum absolute atomic E-state index is 0.920. The Morgan fingerprint density at radius 3 is 3.17 bits per heavy atom. The van der Waals surface area contributed by atoms with Crippen molar-refractivity contribution in [1.29, 1.82) is 0 Å². The minimum Gasteiger partial charge on any atom is -0.0976 e. The van der Waals surface area contributed by atoms with Gasteiger partial charge in [0.25, 0.3) is 0 Å². The summed E-state index contributed by atoms with van der Waals surface area (Å²) in [5.41, 5.74) is 0. The van der Waals surface area contributed by atoms with Crippen LogP contribution < -0.4 is 0 Å². The Bertz CT molecular complexity index is 70.7. The van der Waals surface area contributed by atoms with Gasteiger partial charge in [0.1, 0.15) is 0 Å². The van der Waals surface area contributed by atoms with Gasteiger partial charge in [0, 0.05) is 9.87 Å². The first-order chi connectivity index (χ1) is 4.06. The lowest BCUT2D eigenvalue weighted by Gasteiger charge is -1.86. The quantitative estimate of drug-likeness (QED) is 0.419. The van der Waals surface area contributed by atoms with Crippen LogP contribution in [0.2, 0.25) is 0 Å². The molecule has 0 radical (unpaired) electrons. The van der Waals surface area contributed by atoms with Gasteiger partial charge < -0.3 is 0 Å². The summed E-state index contributed by atoms with van der Waals surface area (Å²) in [4.78, 5) is 0. The maximum absolute atomic E-state index is 6.79. The fourth-order valence-electron chi connectivity index (χ4n) is 0.125. The van der Waals surface area contributed by atoms with Crippen LogP contribution in [0.5, 0.6) is 0 Å². The summed E-state index contributed by atoms with van der Waals surface area (Å²) < 4.78 is 20.4. The summed E-state index contributed by atoms with van der Waals surface area (Å²) in [5, 5.41) is 0. The van der Waals surface area contributed by atoms with Crippen molar-refractivity contribution < 1.29 is 4.11 Å². The molecule has 38 valence electrons. The molecule has 0 aliphatic rings. The Balaban J connectivity index is 3.07. The molecule has 0 amide bonds. The predicted octanol–water partition coefficient (Wildman–Crippen LogP) is 2.41. The van der Waals surface area contributed by atoms with E-state index in [0.29, 0.717) is 0 Å². The van der Waals surface area contributed by atoms with Crippen molar-refractivity contribution in [3.05, 3.63) is 0 Å². The molecule has 0 aromatic heterocycles. The van der Waals surface area contributed by atoms with Gasteiger partial charge in [0.15, 0.2) is 0 Å². The van der Waals surface area contributed by atoms with Crippen LogP contribution >= 0.6 is 21.6 Å². The summed E-state index contributed by atoms with van der Waals surface area (Å²) in [6, 6.07) is 0. The van der Waals surface area contributed by atoms with Crippen molar-refractivity contribution in [2.24, 2.45) is 0 Å². The molecule has 2 heteroatoms. The SMILES string of the molecule is [2H]C([2H])([2H])SSCCC. The van der Waals surface area contributed by atoms with Crippen LogP contribution in [0.15, 0.2) is 0 Å². The van der Waals surface area contributed by atoms with E-state index in [4.69, 9.17) is 4.11 Å². The maximum atomic E-state index is 6.79. The van der Waals surface area contributed by atoms with Gasteiger partial charge >= 0.3 is 0 Å². The lowest BCUT2D eigenvalue weighted by atomic mass is 10.6. The van der Waals surface area contributed by atoms with Gasteiger partial charge in [0.05, 0.1) is 0 Å². The molecule has 0 nitrogen and oxygen atoms in total. The van der Waals surface area contributed by atoms with Gasteiger partial charge in [0.2, 0.25) is 0 Å². The zero-order chi connectivity index (χ0) is 7.33. The average Bonchev–Trinajstić information content (AvgIpc) is 1.63. The van der Waals surface area contributed by atoms with E-state index < -0.39 is 6.18 Å². The summed E-state index contributed by atoms with van der Waals surface area (Å²) in [7, 11) is 2.39. The van der Waals surface area contributed by atoms with E-state index in [0.717, 1.165) is 23.0 Å². The fraction of sp³-hybridized carbons (Fsp3) is 1.00. The molecule has 0 N–H and O–H groups in total. The monoisotopic (exact) mass is 125 g/mol. The second-order valence-corrected chi connectivity index (χ2v) is 2.92. The van der Waals surface area contributed by atoms with Gasteiger partial charge in [-0.2, -0.15) is 0 Å². The molecule has 0 spiro atoms. The van der Waals surface area contributed by atoms with E-state index in [1.54, 1.807) is 0 Å². The molecular weight excluding hydrogens is 112 g/mol. The minimum atomic E-state index is -1.82. The van der Waals surface area contributed by atoms with Crippen molar-refractivity contribution in [3.63, 3.8) is 0 Å². The second-order valence-electron chi connectivity index (χ2n) is 0.905. The van der Waals surface area contributed by atoms with Crippen molar-refractivity contribution in [2.45, 2.75) is 13.3 Å². The van der Waals surface area contributed by atoms with Crippen molar-refractivity contribution in [3.8, 4) is 0 Å². The van der Waals surface area contributed by atoms with E-state index >= 15 is 0 Å². The van der Waals surface area contributed by atoms with Gasteiger partial charge in [-0.1, -0.05) is 28.5 Å². The molecule has 0 atom stereocenters. The molecule has 0 saturated carbocycles. The zero-order valence-corrected chi connectivity index (χ0v) is 5.36. The first kappa shape index (κ1) is 2.88. The summed E-state index contributed by atoms with van der Waals surface area (Å²) in [6.45, 7) is 2.03. The van der Waals surface area contributed by atoms with Crippen LogP contribution in [0.25, 0.3) is 0 Å². The largest absolute Gasteiger partial charge is 0.0976 e. The number of hydrogen-bond donors (Lipinski definition) is 0. The van der Waals surface area contributed by atoms with Crippen LogP contribution in [-0.4, -0.2) is 11.9 Å². The standard InChI is InChI=1S/C4H10S2/c1-3-4-6-5-2/h3-4H2,1-2H3/i2D3. The Kier molecular flexibility index (Phi) is 2.73. The molecule has 6 heavy (non-hydrogen) atoms. The van der Waals surface area contributed by atoms with E-state index in [9.17, 15) is 0 Å². The zero-order valence-electron chi connectivity index (χ0n) is 6.73. The second kappa shape index (κ2) is 5.70. The van der Waals surface area contributed by atoms with E-state index in [-0.39, 0.29) is 0 Å². The molecular formula is C4H10S2. The Labute approximate surface area is 51.7 Å². The first-order valence-electron chi connectivity index (χ1n) is 3.37. The molecule has 0 aliphatic carbocycles. The lowest BCUT2D eigenvalue weighted by molar-refractivity contribution is 1.11. The molecule has 0 aromatic rings. The van der Waals surface area contributed by atoms with Gasteiger partial charge in [-0.15, -0.1) is 0 Å². The molecule has 0 fully saturated rings. The third kappa shape index (κ3) is 4.70. The first-order valence-corrected chi connectivity index (χ1v) is 4.19. The Hall–Kier alpha value is 0.700. The van der Waals surface area contributed by atoms with E-state index in [2.05, 4.69) is 0 Å². The smallest absolute Gasteiger partial charge is 0.0353 e. The Morgan fingerprint density at radius 2 is 2.67 bits per heavy atom. The molecule has 0 aliphatic heterocycles. The summed E-state index contributed by atoms with van der Waals surface area (Å²) >= 11 is 0. The fourth-order valence-corrected chi connectivity index (χ4v) is 1.12.